The Morgan fingerprint density at radius 2 is 1.65 bits per heavy atom. The Labute approximate surface area is 124 Å². The average molecular weight is 287 g/mol. The average Bonchev–Trinajstić information content (AvgIpc) is 2.47. The van der Waals surface area contributed by atoms with Crippen molar-refractivity contribution in [3.05, 3.63) is 0 Å². The lowest BCUT2D eigenvalue weighted by molar-refractivity contribution is 0.0774. The van der Waals surface area contributed by atoms with Crippen molar-refractivity contribution in [2.75, 3.05) is 39.3 Å². The zero-order valence-electron chi connectivity index (χ0n) is 13.7. The van der Waals surface area contributed by atoms with Crippen molar-refractivity contribution < 1.29 is 9.53 Å². The van der Waals surface area contributed by atoms with Gasteiger partial charge >= 0.3 is 6.09 Å². The molecule has 120 valence electrons. The molecule has 0 spiro atoms. The number of carbonyl (C=O) groups excluding carboxylic acids is 1. The number of ether oxygens (including phenoxy) is 1. The van der Waals surface area contributed by atoms with Gasteiger partial charge in [-0.2, -0.15) is 0 Å². The fourth-order valence-electron chi connectivity index (χ4n) is 1.93. The van der Waals surface area contributed by atoms with Crippen molar-refractivity contribution in [3.8, 4) is 0 Å². The Morgan fingerprint density at radius 3 is 2.10 bits per heavy atom. The minimum atomic E-state index is -0.302. The molecular weight excluding hydrogens is 254 g/mol. The number of hydrogen-bond donors (Lipinski definition) is 3. The van der Waals surface area contributed by atoms with Gasteiger partial charge in [-0.05, 0) is 25.9 Å². The summed E-state index contributed by atoms with van der Waals surface area (Å²) in [4.78, 5) is 11.7. The van der Waals surface area contributed by atoms with E-state index in [1.54, 1.807) is 0 Å². The summed E-state index contributed by atoms with van der Waals surface area (Å²) in [6.45, 7) is 13.1. The molecule has 1 amide bonds. The number of amides is 1. The fraction of sp³-hybridized carbons (Fsp3) is 0.933. The van der Waals surface area contributed by atoms with E-state index in [-0.39, 0.29) is 11.5 Å². The van der Waals surface area contributed by atoms with Gasteiger partial charge in [0.25, 0.3) is 0 Å². The lowest BCUT2D eigenvalue weighted by atomic mass is 9.85. The quantitative estimate of drug-likeness (QED) is 0.481. The van der Waals surface area contributed by atoms with E-state index in [2.05, 4.69) is 43.6 Å². The van der Waals surface area contributed by atoms with Crippen molar-refractivity contribution >= 4 is 6.09 Å². The van der Waals surface area contributed by atoms with E-state index in [0.717, 1.165) is 45.4 Å². The Balaban J connectivity index is 4.27. The summed E-state index contributed by atoms with van der Waals surface area (Å²) in [7, 11) is 0. The van der Waals surface area contributed by atoms with Crippen LogP contribution in [-0.4, -0.2) is 45.4 Å². The maximum absolute atomic E-state index is 11.7. The molecular formula is C15H33N3O2. The van der Waals surface area contributed by atoms with Crippen LogP contribution in [0.4, 0.5) is 4.79 Å². The summed E-state index contributed by atoms with van der Waals surface area (Å²) in [5.41, 5.74) is -0.0336. The van der Waals surface area contributed by atoms with Crippen molar-refractivity contribution in [2.45, 2.75) is 47.0 Å². The van der Waals surface area contributed by atoms with Crippen LogP contribution in [0, 0.1) is 5.41 Å². The molecule has 0 aromatic rings. The van der Waals surface area contributed by atoms with E-state index in [1.807, 2.05) is 0 Å². The molecule has 0 saturated heterocycles. The predicted molar refractivity (Wildman–Crippen MR) is 84.1 cm³/mol. The highest BCUT2D eigenvalue weighted by Crippen LogP contribution is 2.21. The van der Waals surface area contributed by atoms with Crippen LogP contribution in [0.1, 0.15) is 47.0 Å². The molecule has 0 aliphatic rings. The van der Waals surface area contributed by atoms with Crippen molar-refractivity contribution in [1.29, 1.82) is 0 Å². The molecule has 0 radical (unpaired) electrons. The van der Waals surface area contributed by atoms with Crippen LogP contribution in [0.5, 0.6) is 0 Å². The first kappa shape index (κ1) is 19.2. The van der Waals surface area contributed by atoms with Gasteiger partial charge in [-0.15, -0.1) is 0 Å². The van der Waals surface area contributed by atoms with E-state index in [4.69, 9.17) is 4.74 Å². The number of hydrogen-bond acceptors (Lipinski definition) is 4. The van der Waals surface area contributed by atoms with Crippen LogP contribution >= 0.6 is 0 Å². The van der Waals surface area contributed by atoms with Gasteiger partial charge < -0.3 is 20.7 Å². The first-order valence-corrected chi connectivity index (χ1v) is 7.96. The van der Waals surface area contributed by atoms with Crippen LogP contribution in [0.2, 0.25) is 0 Å². The molecule has 0 aromatic carbocycles. The van der Waals surface area contributed by atoms with Crippen LogP contribution in [-0.2, 0) is 4.74 Å². The monoisotopic (exact) mass is 287 g/mol. The molecule has 0 bridgehead atoms. The van der Waals surface area contributed by atoms with Crippen molar-refractivity contribution in [3.63, 3.8) is 0 Å². The maximum atomic E-state index is 11.7. The normalized spacial score (nSPS) is 11.4. The molecule has 0 atom stereocenters. The highest BCUT2D eigenvalue weighted by Gasteiger charge is 2.29. The van der Waals surface area contributed by atoms with Crippen molar-refractivity contribution in [2.24, 2.45) is 5.41 Å². The summed E-state index contributed by atoms with van der Waals surface area (Å²) >= 11 is 0. The number of unbranched alkanes of at least 4 members (excludes halogenated alkanes) is 1. The largest absolute Gasteiger partial charge is 0.449 e. The van der Waals surface area contributed by atoms with Gasteiger partial charge in [-0.3, -0.25) is 0 Å². The van der Waals surface area contributed by atoms with E-state index in [1.165, 1.54) is 0 Å². The Morgan fingerprint density at radius 1 is 1.05 bits per heavy atom. The molecule has 0 saturated carbocycles. The van der Waals surface area contributed by atoms with E-state index < -0.39 is 0 Å². The molecule has 20 heavy (non-hydrogen) atoms. The highest BCUT2D eigenvalue weighted by molar-refractivity contribution is 5.67. The highest BCUT2D eigenvalue weighted by atomic mass is 16.5. The summed E-state index contributed by atoms with van der Waals surface area (Å²) < 4.78 is 5.41. The minimum absolute atomic E-state index is 0.0336. The lowest BCUT2D eigenvalue weighted by Gasteiger charge is -2.32. The van der Waals surface area contributed by atoms with Gasteiger partial charge in [0, 0.05) is 25.0 Å². The van der Waals surface area contributed by atoms with E-state index in [0.29, 0.717) is 13.2 Å². The van der Waals surface area contributed by atoms with Gasteiger partial charge in [0.05, 0.1) is 0 Å². The van der Waals surface area contributed by atoms with Crippen LogP contribution in [0.3, 0.4) is 0 Å². The molecule has 0 aliphatic carbocycles. The Hall–Kier alpha value is -0.810. The maximum Gasteiger partial charge on any atom is 0.407 e. The van der Waals surface area contributed by atoms with E-state index >= 15 is 0 Å². The SMILES string of the molecule is CCCCNC(=O)OCC(CC)(CNCC)CNCC. The number of rotatable bonds is 12. The fourth-order valence-corrected chi connectivity index (χ4v) is 1.93. The van der Waals surface area contributed by atoms with Crippen LogP contribution in [0.15, 0.2) is 0 Å². The van der Waals surface area contributed by atoms with Gasteiger partial charge in [0.1, 0.15) is 6.61 Å². The molecule has 5 heteroatoms. The van der Waals surface area contributed by atoms with E-state index in [9.17, 15) is 4.79 Å². The molecule has 0 aromatic heterocycles. The molecule has 0 heterocycles. The third-order valence-electron chi connectivity index (χ3n) is 3.56. The second-order valence-corrected chi connectivity index (χ2v) is 5.27. The Bertz CT molecular complexity index is 239. The molecule has 0 unspecified atom stereocenters. The lowest BCUT2D eigenvalue weighted by Crippen LogP contribution is -2.46. The summed E-state index contributed by atoms with van der Waals surface area (Å²) in [5.74, 6) is 0. The van der Waals surface area contributed by atoms with Gasteiger partial charge in [-0.1, -0.05) is 34.1 Å². The Kier molecular flexibility index (Phi) is 11.5. The third-order valence-corrected chi connectivity index (χ3v) is 3.56. The summed E-state index contributed by atoms with van der Waals surface area (Å²) in [6, 6.07) is 0. The van der Waals surface area contributed by atoms with Gasteiger partial charge in [0.15, 0.2) is 0 Å². The molecule has 0 fully saturated rings. The van der Waals surface area contributed by atoms with Crippen LogP contribution in [0.25, 0.3) is 0 Å². The molecule has 3 N–H and O–H groups in total. The second-order valence-electron chi connectivity index (χ2n) is 5.27. The molecule has 5 nitrogen and oxygen atoms in total. The standard InChI is InChI=1S/C15H33N3O2/c1-5-9-10-18-14(19)20-13-15(6-2,11-16-7-3)12-17-8-4/h16-17H,5-13H2,1-4H3,(H,18,19). The van der Waals surface area contributed by atoms with Crippen LogP contribution < -0.4 is 16.0 Å². The molecule has 0 rings (SSSR count). The molecule has 0 aliphatic heterocycles. The first-order chi connectivity index (χ1) is 9.64. The second kappa shape index (κ2) is 12.0. The smallest absolute Gasteiger partial charge is 0.407 e. The minimum Gasteiger partial charge on any atom is -0.449 e. The zero-order valence-corrected chi connectivity index (χ0v) is 13.7. The first-order valence-electron chi connectivity index (χ1n) is 7.96. The summed E-state index contributed by atoms with van der Waals surface area (Å²) in [6.07, 6.45) is 2.72. The zero-order chi connectivity index (χ0) is 15.3. The van der Waals surface area contributed by atoms with Gasteiger partial charge in [0.2, 0.25) is 0 Å². The number of carbonyl (C=O) groups is 1. The van der Waals surface area contributed by atoms with Crippen molar-refractivity contribution in [1.82, 2.24) is 16.0 Å². The predicted octanol–water partition coefficient (Wildman–Crippen LogP) is 2.13. The number of alkyl carbamates (subject to hydrolysis) is 1. The van der Waals surface area contributed by atoms with Gasteiger partial charge in [-0.25, -0.2) is 4.79 Å². The number of nitrogens with one attached hydrogen (secondary N) is 3. The third kappa shape index (κ3) is 8.38. The summed E-state index contributed by atoms with van der Waals surface area (Å²) in [5, 5.41) is 9.54. The topological polar surface area (TPSA) is 62.4 Å².